The Balaban J connectivity index is 2.57. The highest BCUT2D eigenvalue weighted by Gasteiger charge is 2.40. The molecule has 0 aromatic heterocycles. The fraction of sp³-hybridized carbons (Fsp3) is 0.875. The normalized spacial score (nSPS) is 26.9. The SMILES string of the molecule is CC1CN(OC(=O)C(Cl)Cl)C(C)(C)O1. The van der Waals surface area contributed by atoms with Crippen molar-refractivity contribution in [3.8, 4) is 0 Å². The molecule has 6 heteroatoms. The fourth-order valence-corrected chi connectivity index (χ4v) is 1.42. The number of hydrogen-bond donors (Lipinski definition) is 0. The first kappa shape index (κ1) is 12.0. The van der Waals surface area contributed by atoms with E-state index in [0.717, 1.165) is 0 Å². The summed E-state index contributed by atoms with van der Waals surface area (Å²) in [5.41, 5.74) is -0.627. The van der Waals surface area contributed by atoms with Crippen LogP contribution < -0.4 is 0 Å². The lowest BCUT2D eigenvalue weighted by Crippen LogP contribution is -2.41. The lowest BCUT2D eigenvalue weighted by atomic mass is 10.3. The monoisotopic (exact) mass is 241 g/mol. The number of halogens is 2. The van der Waals surface area contributed by atoms with Gasteiger partial charge in [0.2, 0.25) is 4.84 Å². The minimum atomic E-state index is -1.17. The van der Waals surface area contributed by atoms with Crippen LogP contribution in [0.1, 0.15) is 20.8 Å². The highest BCUT2D eigenvalue weighted by atomic mass is 35.5. The van der Waals surface area contributed by atoms with Crippen LogP contribution >= 0.6 is 23.2 Å². The number of carbonyl (C=O) groups excluding carboxylic acids is 1. The lowest BCUT2D eigenvalue weighted by Gasteiger charge is -2.27. The Labute approximate surface area is 93.0 Å². The van der Waals surface area contributed by atoms with Crippen LogP contribution in [0.25, 0.3) is 0 Å². The Bertz CT molecular complexity index is 233. The minimum Gasteiger partial charge on any atom is -0.363 e. The van der Waals surface area contributed by atoms with Crippen LogP contribution in [-0.4, -0.2) is 34.2 Å². The van der Waals surface area contributed by atoms with Gasteiger partial charge < -0.3 is 9.57 Å². The first-order valence-corrected chi connectivity index (χ1v) is 5.15. The Morgan fingerprint density at radius 1 is 1.64 bits per heavy atom. The smallest absolute Gasteiger partial charge is 0.358 e. The second-order valence-corrected chi connectivity index (χ2v) is 4.74. The molecule has 0 aromatic carbocycles. The van der Waals surface area contributed by atoms with Crippen LogP contribution in [0.4, 0.5) is 0 Å². The number of hydrogen-bond acceptors (Lipinski definition) is 4. The predicted octanol–water partition coefficient (Wildman–Crippen LogP) is 1.71. The summed E-state index contributed by atoms with van der Waals surface area (Å²) in [7, 11) is 0. The van der Waals surface area contributed by atoms with E-state index in [2.05, 4.69) is 0 Å². The molecule has 0 aromatic rings. The molecule has 14 heavy (non-hydrogen) atoms. The molecule has 4 nitrogen and oxygen atoms in total. The van der Waals surface area contributed by atoms with Gasteiger partial charge >= 0.3 is 5.97 Å². The number of carbonyl (C=O) groups is 1. The first-order chi connectivity index (χ1) is 6.33. The fourth-order valence-electron chi connectivity index (χ4n) is 1.34. The Morgan fingerprint density at radius 3 is 2.57 bits per heavy atom. The van der Waals surface area contributed by atoms with Crippen LogP contribution in [0.15, 0.2) is 0 Å². The van der Waals surface area contributed by atoms with Crippen LogP contribution in [0.2, 0.25) is 0 Å². The highest BCUT2D eigenvalue weighted by molar-refractivity contribution is 6.52. The molecule has 1 unspecified atom stereocenters. The van der Waals surface area contributed by atoms with Crippen LogP contribution in [0.3, 0.4) is 0 Å². The third kappa shape index (κ3) is 2.73. The van der Waals surface area contributed by atoms with Crippen molar-refractivity contribution in [2.45, 2.75) is 37.4 Å². The van der Waals surface area contributed by atoms with Crippen LogP contribution in [-0.2, 0) is 14.4 Å². The van der Waals surface area contributed by atoms with Gasteiger partial charge in [-0.3, -0.25) is 0 Å². The lowest BCUT2D eigenvalue weighted by molar-refractivity contribution is -0.237. The molecule has 1 saturated heterocycles. The van der Waals surface area contributed by atoms with Gasteiger partial charge in [0.05, 0.1) is 12.6 Å². The van der Waals surface area contributed by atoms with Crippen molar-refractivity contribution in [1.29, 1.82) is 0 Å². The Kier molecular flexibility index (Phi) is 3.63. The molecule has 1 aliphatic heterocycles. The molecule has 1 aliphatic rings. The zero-order valence-corrected chi connectivity index (χ0v) is 9.80. The Hall–Kier alpha value is -0.0300. The van der Waals surface area contributed by atoms with Gasteiger partial charge in [-0.1, -0.05) is 23.2 Å². The summed E-state index contributed by atoms with van der Waals surface area (Å²) >= 11 is 10.7. The quantitative estimate of drug-likeness (QED) is 0.691. The van der Waals surface area contributed by atoms with Crippen molar-refractivity contribution >= 4 is 29.2 Å². The maximum absolute atomic E-state index is 11.1. The number of ether oxygens (including phenoxy) is 1. The van der Waals surface area contributed by atoms with E-state index in [0.29, 0.717) is 6.54 Å². The molecular formula is C8H13Cl2NO3. The molecule has 0 saturated carbocycles. The second kappa shape index (κ2) is 4.23. The van der Waals surface area contributed by atoms with Gasteiger partial charge in [0.15, 0.2) is 0 Å². The van der Waals surface area contributed by atoms with Gasteiger partial charge in [0.1, 0.15) is 5.72 Å². The molecule has 0 N–H and O–H groups in total. The molecule has 0 bridgehead atoms. The van der Waals surface area contributed by atoms with Crippen molar-refractivity contribution in [3.05, 3.63) is 0 Å². The average Bonchev–Trinajstić information content (AvgIpc) is 2.24. The summed E-state index contributed by atoms with van der Waals surface area (Å²) in [4.78, 5) is 14.9. The predicted molar refractivity (Wildman–Crippen MR) is 52.9 cm³/mol. The summed E-state index contributed by atoms with van der Waals surface area (Å²) in [6.07, 6.45) is 0.0156. The third-order valence-electron chi connectivity index (χ3n) is 1.89. The number of nitrogens with zero attached hydrogens (tertiary/aromatic N) is 1. The molecule has 0 aliphatic carbocycles. The molecule has 82 valence electrons. The minimum absolute atomic E-state index is 0.0156. The van der Waals surface area contributed by atoms with Crippen molar-refractivity contribution < 1.29 is 14.4 Å². The molecule has 0 radical (unpaired) electrons. The van der Waals surface area contributed by atoms with Gasteiger partial charge in [-0.25, -0.2) is 4.79 Å². The zero-order valence-electron chi connectivity index (χ0n) is 8.29. The van der Waals surface area contributed by atoms with E-state index in [-0.39, 0.29) is 6.10 Å². The van der Waals surface area contributed by atoms with Gasteiger partial charge in [-0.2, -0.15) is 0 Å². The summed E-state index contributed by atoms with van der Waals surface area (Å²) in [5.74, 6) is -0.681. The van der Waals surface area contributed by atoms with Crippen molar-refractivity contribution in [2.75, 3.05) is 6.54 Å². The average molecular weight is 242 g/mol. The van der Waals surface area contributed by atoms with Gasteiger partial charge in [-0.15, -0.1) is 5.06 Å². The van der Waals surface area contributed by atoms with E-state index in [1.807, 2.05) is 6.92 Å². The van der Waals surface area contributed by atoms with Gasteiger partial charge in [0, 0.05) is 0 Å². The highest BCUT2D eigenvalue weighted by Crippen LogP contribution is 2.27. The maximum atomic E-state index is 11.1. The number of alkyl halides is 2. The molecule has 1 heterocycles. The molecule has 1 fully saturated rings. The van der Waals surface area contributed by atoms with Crippen molar-refractivity contribution in [1.82, 2.24) is 5.06 Å². The summed E-state index contributed by atoms with van der Waals surface area (Å²) in [6, 6.07) is 0. The van der Waals surface area contributed by atoms with E-state index in [4.69, 9.17) is 32.8 Å². The third-order valence-corrected chi connectivity index (χ3v) is 2.25. The number of hydroxylamine groups is 2. The first-order valence-electron chi connectivity index (χ1n) is 4.28. The topological polar surface area (TPSA) is 38.8 Å². The maximum Gasteiger partial charge on any atom is 0.358 e. The van der Waals surface area contributed by atoms with E-state index >= 15 is 0 Å². The summed E-state index contributed by atoms with van der Waals surface area (Å²) < 4.78 is 5.50. The van der Waals surface area contributed by atoms with Crippen molar-refractivity contribution in [2.24, 2.45) is 0 Å². The second-order valence-electron chi connectivity index (χ2n) is 3.65. The summed E-state index contributed by atoms with van der Waals surface area (Å²) in [6.45, 7) is 6.02. The Morgan fingerprint density at radius 2 is 2.21 bits per heavy atom. The van der Waals surface area contributed by atoms with Crippen LogP contribution in [0, 0.1) is 0 Å². The molecule has 0 spiro atoms. The van der Waals surface area contributed by atoms with Gasteiger partial charge in [-0.05, 0) is 20.8 Å². The van der Waals surface area contributed by atoms with E-state index in [1.165, 1.54) is 5.06 Å². The van der Waals surface area contributed by atoms with Gasteiger partial charge in [0.25, 0.3) is 0 Å². The van der Waals surface area contributed by atoms with E-state index < -0.39 is 16.5 Å². The molecular weight excluding hydrogens is 229 g/mol. The number of rotatable bonds is 2. The van der Waals surface area contributed by atoms with Crippen molar-refractivity contribution in [3.63, 3.8) is 0 Å². The van der Waals surface area contributed by atoms with E-state index in [9.17, 15) is 4.79 Å². The van der Waals surface area contributed by atoms with Crippen LogP contribution in [0.5, 0.6) is 0 Å². The zero-order chi connectivity index (χ0) is 10.9. The summed E-state index contributed by atoms with van der Waals surface area (Å²) in [5, 5.41) is 1.44. The molecule has 1 atom stereocenters. The molecule has 1 rings (SSSR count). The van der Waals surface area contributed by atoms with E-state index in [1.54, 1.807) is 13.8 Å². The standard InChI is InChI=1S/C8H13Cl2NO3/c1-5-4-11(8(2,3)13-5)14-7(12)6(9)10/h5-6H,4H2,1-3H3. The molecule has 0 amide bonds. The largest absolute Gasteiger partial charge is 0.363 e.